The molecule has 2 spiro atoms. The fraction of sp³-hybridized carbons (Fsp3) is 0.0617. The third kappa shape index (κ3) is 1.99. The Labute approximate surface area is 458 Å². The molecule has 1 saturated heterocycles. The molecule has 1 fully saturated rings. The Morgan fingerprint density at radius 3 is 0.699 bits per heavy atom. The van der Waals surface area contributed by atoms with Crippen molar-refractivity contribution < 1.29 is 0 Å². The van der Waals surface area contributed by atoms with Gasteiger partial charge in [-0.25, -0.2) is 0 Å². The van der Waals surface area contributed by atoms with Gasteiger partial charge in [-0.05, 0) is 362 Å². The zero-order valence-corrected chi connectivity index (χ0v) is 43.3. The van der Waals surface area contributed by atoms with E-state index in [-0.39, 0.29) is 16.9 Å². The smallest absolute Gasteiger partial charge is 0.0575 e. The number of hydrogen-bond donors (Lipinski definition) is 0. The Hall–Kier alpha value is -10.1. The largest absolute Gasteiger partial charge is 0.311 e. The lowest BCUT2D eigenvalue weighted by Crippen LogP contribution is -2.51. The number of rotatable bonds is 4. The molecule has 0 radical (unpaired) electrons. The number of para-hydroxylation sites is 2. The Morgan fingerprint density at radius 2 is 0.458 bits per heavy atom. The standard InChI is InChI=1S/C81H20N2/c1-82-16-80-75-67-59-49-39-31-23-21-22-25-29-27(23)35-43-37(29)47-41-33(25)34-26(22)30-28-24(21)32(31)40-46-36(28)44-38(30)48-42(34)52-51(41)63-57(47)65-55(43)61(53(59)45(35)39)69(75)71(65)77-73(63)74-64(52)58(48)66-56(44)62-54(46)60(50(40)49)68(67)76(80)70(62)72(66)78(74)81(77,80)79(82)17-12-14-20(15-13-17)83(18-8-4-2-5-9-18)19-10-6-3-7-11-19/h2-15,79H,16H2,1H3. The second-order valence-electron chi connectivity index (χ2n) is 29.4. The summed E-state index contributed by atoms with van der Waals surface area (Å²) in [5.74, 6) is 0. The molecule has 0 aromatic heterocycles. The van der Waals surface area contributed by atoms with Gasteiger partial charge in [0.15, 0.2) is 0 Å². The average Bonchev–Trinajstić information content (AvgIpc) is 1.39. The lowest BCUT2D eigenvalue weighted by atomic mass is 9.47. The first-order valence-corrected chi connectivity index (χ1v) is 30.8. The zero-order chi connectivity index (χ0) is 50.1. The van der Waals surface area contributed by atoms with Crippen LogP contribution in [0.1, 0.15) is 33.9 Å². The number of anilines is 3. The SMILES string of the molecule is CN1CC23c4c5c6c7c8c9c(c%10c%11c2c2c4c4c%12c5c5c6c6c8c8c%13c9c9c%10c%10c%11c%11c2c2c4c4c%12c%12c5c5c6c8c6c8c%13c9c9c%10c%10c%11c2c2c4c4c%12c5c6c5c8c9c%10c2c45)C73C1c1ccc(N(c2ccccc2)c2ccccc2)cc1. The molecule has 83 heavy (non-hydrogen) atoms. The first-order chi connectivity index (χ1) is 41.3. The summed E-state index contributed by atoms with van der Waals surface area (Å²) in [5, 5.41) is 89.8. The molecule has 31 aromatic rings. The summed E-state index contributed by atoms with van der Waals surface area (Å²) >= 11 is 0. The van der Waals surface area contributed by atoms with Gasteiger partial charge in [-0.3, -0.25) is 4.90 Å². The predicted molar refractivity (Wildman–Crippen MR) is 350 cm³/mol. The molecule has 4 aliphatic carbocycles. The highest BCUT2D eigenvalue weighted by molar-refractivity contribution is 6.82. The summed E-state index contributed by atoms with van der Waals surface area (Å²) in [6.45, 7) is 1.01. The lowest BCUT2D eigenvalue weighted by Gasteiger charge is -2.52. The zero-order valence-electron chi connectivity index (χ0n) is 43.3. The molecule has 31 aromatic carbocycles. The maximum atomic E-state index is 2.96. The van der Waals surface area contributed by atoms with E-state index in [4.69, 9.17) is 0 Å². The Kier molecular flexibility index (Phi) is 3.19. The van der Waals surface area contributed by atoms with Crippen molar-refractivity contribution in [1.29, 1.82) is 0 Å². The highest BCUT2D eigenvalue weighted by atomic mass is 15.2. The molecular weight excluding hydrogens is 1000 g/mol. The predicted octanol–water partition coefficient (Wildman–Crippen LogP) is 21.5. The van der Waals surface area contributed by atoms with E-state index in [0.717, 1.165) is 6.54 Å². The third-order valence-electron chi connectivity index (χ3n) is 28.4. The fourth-order valence-corrected chi connectivity index (χ4v) is 28.0. The summed E-state index contributed by atoms with van der Waals surface area (Å²) in [6, 6.07) is 32.4. The van der Waals surface area contributed by atoms with Gasteiger partial charge in [-0.1, -0.05) is 48.5 Å². The van der Waals surface area contributed by atoms with Crippen LogP contribution in [0.5, 0.6) is 0 Å². The second-order valence-corrected chi connectivity index (χ2v) is 29.4. The summed E-state index contributed by atoms with van der Waals surface area (Å²) in [6.07, 6.45) is 0. The van der Waals surface area contributed by atoms with Crippen molar-refractivity contribution in [2.75, 3.05) is 18.5 Å². The van der Waals surface area contributed by atoms with Crippen molar-refractivity contribution in [3.63, 3.8) is 0 Å². The summed E-state index contributed by atoms with van der Waals surface area (Å²) in [7, 11) is 2.59. The number of likely N-dealkylation sites (tertiary alicyclic amines) is 1. The van der Waals surface area contributed by atoms with Crippen molar-refractivity contribution in [3.05, 3.63) is 113 Å². The van der Waals surface area contributed by atoms with Crippen LogP contribution in [0.3, 0.4) is 0 Å². The fourth-order valence-electron chi connectivity index (χ4n) is 28.0. The molecule has 0 N–H and O–H groups in total. The van der Waals surface area contributed by atoms with Crippen molar-refractivity contribution in [2.24, 2.45) is 0 Å². The van der Waals surface area contributed by atoms with Crippen molar-refractivity contribution in [2.45, 2.75) is 16.9 Å². The van der Waals surface area contributed by atoms with Gasteiger partial charge in [-0.15, -0.1) is 0 Å². The summed E-state index contributed by atoms with van der Waals surface area (Å²) < 4.78 is 0. The Morgan fingerprint density at radius 1 is 0.253 bits per heavy atom. The number of likely N-dealkylation sites (N-methyl/N-ethyl adjacent to an activating group) is 1. The Bertz CT molecular complexity index is 7970. The van der Waals surface area contributed by atoms with E-state index in [1.807, 2.05) is 0 Å². The van der Waals surface area contributed by atoms with Crippen LogP contribution >= 0.6 is 0 Å². The average molecular weight is 1020 g/mol. The molecule has 1 unspecified atom stereocenters. The highest BCUT2D eigenvalue weighted by Crippen LogP contribution is 2.87. The molecule has 0 amide bonds. The van der Waals surface area contributed by atoms with E-state index in [1.165, 1.54) is 22.6 Å². The van der Waals surface area contributed by atoms with Gasteiger partial charge in [-0.2, -0.15) is 0 Å². The minimum Gasteiger partial charge on any atom is -0.311 e. The molecule has 5 aliphatic rings. The molecule has 1 aliphatic heterocycles. The second kappa shape index (κ2) is 8.04. The molecule has 0 saturated carbocycles. The van der Waals surface area contributed by atoms with Gasteiger partial charge in [0.25, 0.3) is 0 Å². The molecule has 36 rings (SSSR count). The molecule has 1 heterocycles. The van der Waals surface area contributed by atoms with E-state index in [9.17, 15) is 0 Å². The lowest BCUT2D eigenvalue weighted by molar-refractivity contribution is 0.271. The van der Waals surface area contributed by atoms with Crippen LogP contribution < -0.4 is 4.90 Å². The molecule has 354 valence electrons. The third-order valence-corrected chi connectivity index (χ3v) is 28.4. The first-order valence-electron chi connectivity index (χ1n) is 30.8. The normalized spacial score (nSPS) is 21.9. The van der Waals surface area contributed by atoms with E-state index in [1.54, 1.807) is 313 Å². The van der Waals surface area contributed by atoms with Gasteiger partial charge in [0.1, 0.15) is 0 Å². The number of benzene rings is 21. The van der Waals surface area contributed by atoms with Gasteiger partial charge in [0.2, 0.25) is 0 Å². The van der Waals surface area contributed by atoms with Crippen LogP contribution in [-0.4, -0.2) is 18.5 Å². The van der Waals surface area contributed by atoms with Crippen molar-refractivity contribution in [1.82, 2.24) is 4.90 Å². The number of nitrogens with zero attached hydrogens (tertiary/aromatic N) is 2. The van der Waals surface area contributed by atoms with Crippen LogP contribution in [0, 0.1) is 0 Å². The van der Waals surface area contributed by atoms with Gasteiger partial charge >= 0.3 is 0 Å². The van der Waals surface area contributed by atoms with Gasteiger partial charge in [0.05, 0.1) is 10.8 Å². The van der Waals surface area contributed by atoms with Crippen molar-refractivity contribution in [3.8, 4) is 0 Å². The Balaban J connectivity index is 0.933. The van der Waals surface area contributed by atoms with E-state index in [0.29, 0.717) is 0 Å². The minimum atomic E-state index is -0.382. The quantitative estimate of drug-likeness (QED) is 0.162. The van der Waals surface area contributed by atoms with Gasteiger partial charge in [0, 0.05) is 29.6 Å². The van der Waals surface area contributed by atoms with Gasteiger partial charge < -0.3 is 4.90 Å². The number of hydrogen-bond acceptors (Lipinski definition) is 2. The van der Waals surface area contributed by atoms with Crippen molar-refractivity contribution >= 4 is 308 Å². The summed E-state index contributed by atoms with van der Waals surface area (Å²) in [4.78, 5) is 5.43. The van der Waals surface area contributed by atoms with E-state index < -0.39 is 0 Å². The topological polar surface area (TPSA) is 6.48 Å². The van der Waals surface area contributed by atoms with Crippen LogP contribution in [0.2, 0.25) is 0 Å². The first kappa shape index (κ1) is 33.0. The molecular formula is C81H20N2. The summed E-state index contributed by atoms with van der Waals surface area (Å²) in [5.41, 5.74) is 11.4. The molecule has 1 atom stereocenters. The van der Waals surface area contributed by atoms with Crippen LogP contribution in [0.15, 0.2) is 84.9 Å². The molecule has 2 heteroatoms. The highest BCUT2D eigenvalue weighted by Gasteiger charge is 2.76. The maximum Gasteiger partial charge on any atom is 0.0575 e. The van der Waals surface area contributed by atoms with Crippen LogP contribution in [0.4, 0.5) is 17.1 Å². The van der Waals surface area contributed by atoms with E-state index >= 15 is 0 Å². The monoisotopic (exact) mass is 1020 g/mol. The maximum absolute atomic E-state index is 2.96. The van der Waals surface area contributed by atoms with E-state index in [2.05, 4.69) is 102 Å². The molecule has 0 bridgehead atoms. The van der Waals surface area contributed by atoms with Crippen LogP contribution in [0.25, 0.3) is 291 Å². The minimum absolute atomic E-state index is 0.0919. The molecule has 2 nitrogen and oxygen atoms in total. The van der Waals surface area contributed by atoms with Crippen LogP contribution in [-0.2, 0) is 10.8 Å².